The molecule has 0 spiro atoms. The van der Waals surface area contributed by atoms with Crippen molar-refractivity contribution in [3.8, 4) is 0 Å². The number of likely N-dealkylation sites (tertiary alicyclic amines) is 1. The fraction of sp³-hybridized carbons (Fsp3) is 0.917. The monoisotopic (exact) mass is 213 g/mol. The van der Waals surface area contributed by atoms with Crippen molar-refractivity contribution in [2.24, 2.45) is 11.3 Å². The average molecular weight is 213 g/mol. The Morgan fingerprint density at radius 2 is 2.13 bits per heavy atom. The third-order valence-electron chi connectivity index (χ3n) is 3.61. The number of carbonyl (C=O) groups excluding carboxylic acids is 1. The van der Waals surface area contributed by atoms with E-state index in [2.05, 4.69) is 0 Å². The number of aliphatic hydroxyl groups excluding tert-OH is 1. The Bertz CT molecular complexity index is 238. The first kappa shape index (κ1) is 12.5. The van der Waals surface area contributed by atoms with Crippen LogP contribution in [0.5, 0.6) is 0 Å². The maximum absolute atomic E-state index is 12.1. The van der Waals surface area contributed by atoms with Crippen molar-refractivity contribution in [3.05, 3.63) is 0 Å². The van der Waals surface area contributed by atoms with E-state index in [1.807, 2.05) is 32.6 Å². The van der Waals surface area contributed by atoms with E-state index >= 15 is 0 Å². The third kappa shape index (κ3) is 2.71. The van der Waals surface area contributed by atoms with E-state index in [1.54, 1.807) is 0 Å². The van der Waals surface area contributed by atoms with Gasteiger partial charge < -0.3 is 10.0 Å². The van der Waals surface area contributed by atoms with Crippen molar-refractivity contribution >= 4 is 5.91 Å². The van der Waals surface area contributed by atoms with Crippen molar-refractivity contribution in [3.63, 3.8) is 0 Å². The zero-order valence-electron chi connectivity index (χ0n) is 10.3. The molecule has 1 heterocycles. The first-order valence-electron chi connectivity index (χ1n) is 5.86. The molecule has 0 saturated carbocycles. The highest BCUT2D eigenvalue weighted by Gasteiger charge is 2.34. The normalized spacial score (nSPS) is 27.9. The molecule has 2 unspecified atom stereocenters. The van der Waals surface area contributed by atoms with Crippen LogP contribution in [0.2, 0.25) is 0 Å². The van der Waals surface area contributed by atoms with Crippen LogP contribution in [-0.4, -0.2) is 35.1 Å². The van der Waals surface area contributed by atoms with Gasteiger partial charge in [-0.3, -0.25) is 4.79 Å². The Labute approximate surface area is 92.5 Å². The molecule has 2 atom stereocenters. The summed E-state index contributed by atoms with van der Waals surface area (Å²) in [6.45, 7) is 9.43. The second-order valence-corrected chi connectivity index (χ2v) is 5.32. The number of hydrogen-bond donors (Lipinski definition) is 1. The van der Waals surface area contributed by atoms with Crippen LogP contribution >= 0.6 is 0 Å². The van der Waals surface area contributed by atoms with Crippen LogP contribution in [0.25, 0.3) is 0 Å². The molecule has 0 aromatic heterocycles. The summed E-state index contributed by atoms with van der Waals surface area (Å²) in [5.41, 5.74) is -0.262. The van der Waals surface area contributed by atoms with Crippen LogP contribution in [0.3, 0.4) is 0 Å². The van der Waals surface area contributed by atoms with E-state index in [-0.39, 0.29) is 23.3 Å². The molecule has 1 N–H and O–H groups in total. The Balaban J connectivity index is 2.62. The molecule has 0 bridgehead atoms. The van der Waals surface area contributed by atoms with Gasteiger partial charge in [0.25, 0.3) is 0 Å². The Hall–Kier alpha value is -0.570. The maximum atomic E-state index is 12.1. The minimum atomic E-state index is -0.262. The van der Waals surface area contributed by atoms with Crippen LogP contribution < -0.4 is 0 Å². The van der Waals surface area contributed by atoms with E-state index in [4.69, 9.17) is 0 Å². The van der Waals surface area contributed by atoms with Gasteiger partial charge in [0, 0.05) is 18.5 Å². The van der Waals surface area contributed by atoms with Crippen LogP contribution in [0.1, 0.15) is 40.5 Å². The zero-order valence-corrected chi connectivity index (χ0v) is 10.3. The molecule has 3 heteroatoms. The molecule has 0 aromatic rings. The van der Waals surface area contributed by atoms with Crippen LogP contribution in [0.4, 0.5) is 0 Å². The molecule has 1 amide bonds. The number of nitrogens with zero attached hydrogens (tertiary/aromatic N) is 1. The molecule has 88 valence electrons. The molecule has 1 rings (SSSR count). The summed E-state index contributed by atoms with van der Waals surface area (Å²) in [7, 11) is 0. The summed E-state index contributed by atoms with van der Waals surface area (Å²) in [4.78, 5) is 14.1. The minimum Gasteiger partial charge on any atom is -0.393 e. The average Bonchev–Trinajstić information content (AvgIpc) is 2.21. The number of aliphatic hydroxyl groups is 1. The van der Waals surface area contributed by atoms with Crippen molar-refractivity contribution in [1.82, 2.24) is 4.90 Å². The first-order chi connectivity index (χ1) is 6.88. The largest absolute Gasteiger partial charge is 0.393 e. The van der Waals surface area contributed by atoms with Gasteiger partial charge in [-0.15, -0.1) is 0 Å². The molecular weight excluding hydrogens is 190 g/mol. The van der Waals surface area contributed by atoms with Gasteiger partial charge in [-0.25, -0.2) is 0 Å². The number of amides is 1. The van der Waals surface area contributed by atoms with Gasteiger partial charge >= 0.3 is 0 Å². The summed E-state index contributed by atoms with van der Waals surface area (Å²) >= 11 is 0. The second kappa shape index (κ2) is 4.52. The van der Waals surface area contributed by atoms with Crippen LogP contribution in [-0.2, 0) is 4.79 Å². The molecule has 15 heavy (non-hydrogen) atoms. The molecule has 0 aromatic carbocycles. The van der Waals surface area contributed by atoms with Gasteiger partial charge in [0.15, 0.2) is 0 Å². The van der Waals surface area contributed by atoms with Gasteiger partial charge in [0.05, 0.1) is 6.10 Å². The molecule has 1 aliphatic rings. The van der Waals surface area contributed by atoms with E-state index in [0.29, 0.717) is 19.5 Å². The standard InChI is InChI=1S/C12H23NO2/c1-5-12(3,4)11(15)13-7-6-10(14)9(2)8-13/h9-10,14H,5-8H2,1-4H3. The molecule has 3 nitrogen and oxygen atoms in total. The van der Waals surface area contributed by atoms with Gasteiger partial charge in [-0.1, -0.05) is 27.7 Å². The van der Waals surface area contributed by atoms with Crippen molar-refractivity contribution in [1.29, 1.82) is 0 Å². The lowest BCUT2D eigenvalue weighted by atomic mass is 9.86. The van der Waals surface area contributed by atoms with Gasteiger partial charge in [-0.05, 0) is 18.8 Å². The predicted molar refractivity (Wildman–Crippen MR) is 60.4 cm³/mol. The van der Waals surface area contributed by atoms with Crippen LogP contribution in [0, 0.1) is 11.3 Å². The maximum Gasteiger partial charge on any atom is 0.228 e. The molecular formula is C12H23NO2. The van der Waals surface area contributed by atoms with Gasteiger partial charge in [0.2, 0.25) is 5.91 Å². The lowest BCUT2D eigenvalue weighted by Gasteiger charge is -2.38. The van der Waals surface area contributed by atoms with E-state index in [1.165, 1.54) is 0 Å². The Kier molecular flexibility index (Phi) is 3.77. The second-order valence-electron chi connectivity index (χ2n) is 5.32. The van der Waals surface area contributed by atoms with E-state index in [0.717, 1.165) is 6.42 Å². The Morgan fingerprint density at radius 3 is 2.60 bits per heavy atom. The van der Waals surface area contributed by atoms with Crippen LogP contribution in [0.15, 0.2) is 0 Å². The SMILES string of the molecule is CCC(C)(C)C(=O)N1CCC(O)C(C)C1. The lowest BCUT2D eigenvalue weighted by molar-refractivity contribution is -0.144. The molecule has 1 saturated heterocycles. The number of rotatable bonds is 2. The van der Waals surface area contributed by atoms with E-state index < -0.39 is 0 Å². The molecule has 1 aliphatic heterocycles. The Morgan fingerprint density at radius 1 is 1.53 bits per heavy atom. The molecule has 0 radical (unpaired) electrons. The summed E-state index contributed by atoms with van der Waals surface area (Å²) in [5, 5.41) is 9.60. The fourth-order valence-electron chi connectivity index (χ4n) is 1.90. The summed E-state index contributed by atoms with van der Waals surface area (Å²) in [5.74, 6) is 0.430. The highest BCUT2D eigenvalue weighted by atomic mass is 16.3. The summed E-state index contributed by atoms with van der Waals surface area (Å²) in [6, 6.07) is 0. The smallest absolute Gasteiger partial charge is 0.228 e. The third-order valence-corrected chi connectivity index (χ3v) is 3.61. The minimum absolute atomic E-state index is 0.204. The molecule has 1 fully saturated rings. The summed E-state index contributed by atoms with van der Waals surface area (Å²) < 4.78 is 0. The molecule has 0 aliphatic carbocycles. The van der Waals surface area contributed by atoms with Gasteiger partial charge in [-0.2, -0.15) is 0 Å². The number of carbonyl (C=O) groups is 1. The summed E-state index contributed by atoms with van der Waals surface area (Å²) in [6.07, 6.45) is 1.34. The van der Waals surface area contributed by atoms with Crippen molar-refractivity contribution in [2.75, 3.05) is 13.1 Å². The van der Waals surface area contributed by atoms with E-state index in [9.17, 15) is 9.90 Å². The highest BCUT2D eigenvalue weighted by Crippen LogP contribution is 2.26. The van der Waals surface area contributed by atoms with Crippen molar-refractivity contribution < 1.29 is 9.90 Å². The fourth-order valence-corrected chi connectivity index (χ4v) is 1.90. The quantitative estimate of drug-likeness (QED) is 0.757. The zero-order chi connectivity index (χ0) is 11.6. The topological polar surface area (TPSA) is 40.5 Å². The highest BCUT2D eigenvalue weighted by molar-refractivity contribution is 5.82. The predicted octanol–water partition coefficient (Wildman–Crippen LogP) is 1.65. The van der Waals surface area contributed by atoms with Crippen molar-refractivity contribution in [2.45, 2.75) is 46.6 Å². The first-order valence-corrected chi connectivity index (χ1v) is 5.86. The van der Waals surface area contributed by atoms with Gasteiger partial charge in [0.1, 0.15) is 0 Å². The number of hydrogen-bond acceptors (Lipinski definition) is 2. The lowest BCUT2D eigenvalue weighted by Crippen LogP contribution is -2.49. The number of piperidine rings is 1.